The Morgan fingerprint density at radius 2 is 1.95 bits per heavy atom. The van der Waals surface area contributed by atoms with Gasteiger partial charge in [-0.1, -0.05) is 13.8 Å². The standard InChI is InChI=1S/C14H21N3O2/c1-10(2)11(3)16-17-14(18)9-15-12-5-7-13(19-4)8-6-12/h5-8,10,15H,9H2,1-4H3,(H,17,18)/b16-11+. The van der Waals surface area contributed by atoms with Gasteiger partial charge in [0.2, 0.25) is 0 Å². The van der Waals surface area contributed by atoms with Crippen LogP contribution in [-0.4, -0.2) is 25.3 Å². The number of hydrazone groups is 1. The van der Waals surface area contributed by atoms with Gasteiger partial charge >= 0.3 is 0 Å². The van der Waals surface area contributed by atoms with E-state index in [0.717, 1.165) is 17.1 Å². The van der Waals surface area contributed by atoms with Crippen LogP contribution in [0.3, 0.4) is 0 Å². The maximum absolute atomic E-state index is 11.6. The van der Waals surface area contributed by atoms with Crippen molar-refractivity contribution in [3.63, 3.8) is 0 Å². The number of hydrogen-bond acceptors (Lipinski definition) is 4. The zero-order valence-electron chi connectivity index (χ0n) is 11.9. The lowest BCUT2D eigenvalue weighted by Crippen LogP contribution is -2.27. The third-order valence-corrected chi connectivity index (χ3v) is 2.74. The molecule has 2 N–H and O–H groups in total. The second kappa shape index (κ2) is 7.41. The van der Waals surface area contributed by atoms with E-state index in [-0.39, 0.29) is 12.5 Å². The number of carbonyl (C=O) groups is 1. The molecule has 5 heteroatoms. The molecule has 0 saturated carbocycles. The van der Waals surface area contributed by atoms with Gasteiger partial charge < -0.3 is 10.1 Å². The van der Waals surface area contributed by atoms with Gasteiger partial charge in [0.1, 0.15) is 5.75 Å². The van der Waals surface area contributed by atoms with Crippen LogP contribution in [0.25, 0.3) is 0 Å². The summed E-state index contributed by atoms with van der Waals surface area (Å²) in [6, 6.07) is 7.38. The molecule has 0 bridgehead atoms. The van der Waals surface area contributed by atoms with E-state index >= 15 is 0 Å². The minimum absolute atomic E-state index is 0.171. The van der Waals surface area contributed by atoms with Crippen molar-refractivity contribution in [2.75, 3.05) is 19.0 Å². The Bertz CT molecular complexity index is 439. The summed E-state index contributed by atoms with van der Waals surface area (Å²) in [4.78, 5) is 11.6. The highest BCUT2D eigenvalue weighted by atomic mass is 16.5. The molecule has 0 heterocycles. The third-order valence-electron chi connectivity index (χ3n) is 2.74. The van der Waals surface area contributed by atoms with Crippen molar-refractivity contribution in [2.24, 2.45) is 11.0 Å². The first-order chi connectivity index (χ1) is 9.02. The lowest BCUT2D eigenvalue weighted by atomic mass is 10.1. The second-order valence-electron chi connectivity index (χ2n) is 4.52. The molecule has 0 fully saturated rings. The van der Waals surface area contributed by atoms with E-state index in [0.29, 0.717) is 5.92 Å². The van der Waals surface area contributed by atoms with Gasteiger partial charge in [0, 0.05) is 11.4 Å². The Hall–Kier alpha value is -2.04. The molecule has 0 aliphatic rings. The Morgan fingerprint density at radius 1 is 1.32 bits per heavy atom. The highest BCUT2D eigenvalue weighted by Crippen LogP contribution is 2.14. The first-order valence-corrected chi connectivity index (χ1v) is 6.24. The number of nitrogens with one attached hydrogen (secondary N) is 2. The van der Waals surface area contributed by atoms with Crippen LogP contribution in [0.4, 0.5) is 5.69 Å². The van der Waals surface area contributed by atoms with Crippen molar-refractivity contribution in [3.8, 4) is 5.75 Å². The minimum Gasteiger partial charge on any atom is -0.497 e. The Labute approximate surface area is 114 Å². The van der Waals surface area contributed by atoms with Crippen LogP contribution >= 0.6 is 0 Å². The van der Waals surface area contributed by atoms with Crippen LogP contribution < -0.4 is 15.5 Å². The summed E-state index contributed by atoms with van der Waals surface area (Å²) in [5.74, 6) is 0.942. The quantitative estimate of drug-likeness (QED) is 0.611. The fourth-order valence-electron chi connectivity index (χ4n) is 1.21. The summed E-state index contributed by atoms with van der Waals surface area (Å²) in [7, 11) is 1.62. The molecule has 5 nitrogen and oxygen atoms in total. The fraction of sp³-hybridized carbons (Fsp3) is 0.429. The predicted octanol–water partition coefficient (Wildman–Crippen LogP) is 2.26. The second-order valence-corrected chi connectivity index (χ2v) is 4.52. The molecule has 0 atom stereocenters. The van der Waals surface area contributed by atoms with Gasteiger partial charge in [-0.15, -0.1) is 0 Å². The highest BCUT2D eigenvalue weighted by molar-refractivity contribution is 5.86. The SMILES string of the molecule is COc1ccc(NCC(=O)N/N=C(\C)C(C)C)cc1. The topological polar surface area (TPSA) is 62.7 Å². The normalized spacial score (nSPS) is 11.3. The molecule has 0 spiro atoms. The van der Waals surface area contributed by atoms with E-state index in [1.165, 1.54) is 0 Å². The van der Waals surface area contributed by atoms with Gasteiger partial charge in [0.25, 0.3) is 5.91 Å². The van der Waals surface area contributed by atoms with E-state index < -0.39 is 0 Å². The minimum atomic E-state index is -0.171. The predicted molar refractivity (Wildman–Crippen MR) is 77.6 cm³/mol. The largest absolute Gasteiger partial charge is 0.497 e. The van der Waals surface area contributed by atoms with Crippen LogP contribution in [-0.2, 0) is 4.79 Å². The molecule has 0 radical (unpaired) electrons. The summed E-state index contributed by atoms with van der Waals surface area (Å²) in [5, 5.41) is 7.03. The van der Waals surface area contributed by atoms with Crippen molar-refractivity contribution >= 4 is 17.3 Å². The Kier molecular flexibility index (Phi) is 5.85. The molecule has 0 aromatic heterocycles. The molecule has 0 aliphatic heterocycles. The Balaban J connectivity index is 2.39. The summed E-state index contributed by atoms with van der Waals surface area (Å²) in [6.07, 6.45) is 0. The monoisotopic (exact) mass is 263 g/mol. The van der Waals surface area contributed by atoms with E-state index in [1.807, 2.05) is 45.0 Å². The average Bonchev–Trinajstić information content (AvgIpc) is 2.42. The first-order valence-electron chi connectivity index (χ1n) is 6.24. The van der Waals surface area contributed by atoms with E-state index in [4.69, 9.17) is 4.74 Å². The number of nitrogens with zero attached hydrogens (tertiary/aromatic N) is 1. The van der Waals surface area contributed by atoms with Crippen molar-refractivity contribution in [1.82, 2.24) is 5.43 Å². The number of rotatable bonds is 6. The molecular weight excluding hydrogens is 242 g/mol. The van der Waals surface area contributed by atoms with Gasteiger partial charge in [0.15, 0.2) is 0 Å². The number of methoxy groups -OCH3 is 1. The third kappa shape index (κ3) is 5.42. The zero-order chi connectivity index (χ0) is 14.3. The molecule has 0 aliphatic carbocycles. The number of benzene rings is 1. The first kappa shape index (κ1) is 15.0. The van der Waals surface area contributed by atoms with E-state index in [9.17, 15) is 4.79 Å². The smallest absolute Gasteiger partial charge is 0.259 e. The number of hydrogen-bond donors (Lipinski definition) is 2. The highest BCUT2D eigenvalue weighted by Gasteiger charge is 2.02. The molecule has 1 rings (SSSR count). The number of ether oxygens (including phenoxy) is 1. The van der Waals surface area contributed by atoms with Crippen molar-refractivity contribution in [3.05, 3.63) is 24.3 Å². The fourth-order valence-corrected chi connectivity index (χ4v) is 1.21. The van der Waals surface area contributed by atoms with E-state index in [1.54, 1.807) is 7.11 Å². The van der Waals surface area contributed by atoms with Crippen LogP contribution in [0.1, 0.15) is 20.8 Å². The Morgan fingerprint density at radius 3 is 2.47 bits per heavy atom. The lowest BCUT2D eigenvalue weighted by molar-refractivity contribution is -0.119. The summed E-state index contributed by atoms with van der Waals surface area (Å²) < 4.78 is 5.06. The van der Waals surface area contributed by atoms with Gasteiger partial charge in [0.05, 0.1) is 13.7 Å². The number of carbonyl (C=O) groups excluding carboxylic acids is 1. The van der Waals surface area contributed by atoms with E-state index in [2.05, 4.69) is 15.8 Å². The maximum Gasteiger partial charge on any atom is 0.259 e. The maximum atomic E-state index is 11.6. The average molecular weight is 263 g/mol. The van der Waals surface area contributed by atoms with Gasteiger partial charge in [-0.05, 0) is 37.1 Å². The van der Waals surface area contributed by atoms with Crippen LogP contribution in [0.15, 0.2) is 29.4 Å². The molecule has 1 aromatic carbocycles. The van der Waals surface area contributed by atoms with Crippen LogP contribution in [0.5, 0.6) is 5.75 Å². The van der Waals surface area contributed by atoms with Gasteiger partial charge in [-0.3, -0.25) is 4.79 Å². The number of amides is 1. The molecule has 19 heavy (non-hydrogen) atoms. The molecule has 1 amide bonds. The molecule has 104 valence electrons. The van der Waals surface area contributed by atoms with Gasteiger partial charge in [-0.2, -0.15) is 5.10 Å². The lowest BCUT2D eigenvalue weighted by Gasteiger charge is -2.07. The van der Waals surface area contributed by atoms with Crippen molar-refractivity contribution in [2.45, 2.75) is 20.8 Å². The molecule has 1 aromatic rings. The molecular formula is C14H21N3O2. The van der Waals surface area contributed by atoms with Crippen molar-refractivity contribution < 1.29 is 9.53 Å². The van der Waals surface area contributed by atoms with Crippen molar-refractivity contribution in [1.29, 1.82) is 0 Å². The van der Waals surface area contributed by atoms with Crippen LogP contribution in [0, 0.1) is 5.92 Å². The number of anilines is 1. The molecule has 0 saturated heterocycles. The summed E-state index contributed by atoms with van der Waals surface area (Å²) in [6.45, 7) is 6.13. The summed E-state index contributed by atoms with van der Waals surface area (Å²) in [5.41, 5.74) is 4.28. The summed E-state index contributed by atoms with van der Waals surface area (Å²) >= 11 is 0. The van der Waals surface area contributed by atoms with Gasteiger partial charge in [-0.25, -0.2) is 5.43 Å². The zero-order valence-corrected chi connectivity index (χ0v) is 11.9. The molecule has 0 unspecified atom stereocenters. The van der Waals surface area contributed by atoms with Crippen LogP contribution in [0.2, 0.25) is 0 Å².